The number of hydrogen-bond donors (Lipinski definition) is 1. The molecule has 1 fully saturated rings. The summed E-state index contributed by atoms with van der Waals surface area (Å²) >= 11 is 1.29. The zero-order valence-electron chi connectivity index (χ0n) is 14.0. The Morgan fingerprint density at radius 2 is 2.08 bits per heavy atom. The number of carbonyl (C=O) groups is 2. The second-order valence-electron chi connectivity index (χ2n) is 6.51. The lowest BCUT2D eigenvalue weighted by molar-refractivity contribution is 0.0975. The molecule has 1 unspecified atom stereocenters. The Morgan fingerprint density at radius 1 is 1.28 bits per heavy atom. The molecule has 0 saturated carbocycles. The van der Waals surface area contributed by atoms with Crippen LogP contribution in [-0.4, -0.2) is 40.6 Å². The molecule has 2 heterocycles. The van der Waals surface area contributed by atoms with E-state index in [0.717, 1.165) is 31.1 Å². The molecule has 1 atom stereocenters. The zero-order valence-corrected chi connectivity index (χ0v) is 14.8. The minimum atomic E-state index is -0.166. The maximum absolute atomic E-state index is 12.6. The second-order valence-corrected chi connectivity index (χ2v) is 7.72. The van der Waals surface area contributed by atoms with Crippen LogP contribution in [0.2, 0.25) is 0 Å². The zero-order chi connectivity index (χ0) is 17.4. The summed E-state index contributed by atoms with van der Waals surface area (Å²) < 4.78 is 0. The number of allylic oxidation sites excluding steroid dienone is 2. The van der Waals surface area contributed by atoms with Crippen molar-refractivity contribution in [3.05, 3.63) is 63.2 Å². The molecule has 1 N–H and O–H groups in total. The average molecular weight is 353 g/mol. The number of fused-ring (bicyclic) bond motifs is 1. The monoisotopic (exact) mass is 353 g/mol. The normalized spacial score (nSPS) is 20.5. The van der Waals surface area contributed by atoms with Gasteiger partial charge < -0.3 is 5.32 Å². The molecule has 6 heteroatoms. The molecule has 1 aromatic heterocycles. The van der Waals surface area contributed by atoms with Gasteiger partial charge in [0.05, 0.1) is 10.7 Å². The Labute approximate surface area is 150 Å². The molecule has 128 valence electrons. The van der Waals surface area contributed by atoms with E-state index in [-0.39, 0.29) is 17.6 Å². The van der Waals surface area contributed by atoms with E-state index in [1.54, 1.807) is 0 Å². The summed E-state index contributed by atoms with van der Waals surface area (Å²) in [6, 6.07) is 10.5. The van der Waals surface area contributed by atoms with Gasteiger partial charge in [0.1, 0.15) is 10.6 Å². The van der Waals surface area contributed by atoms with Crippen LogP contribution in [0.15, 0.2) is 42.1 Å². The molecule has 1 aromatic carbocycles. The fourth-order valence-corrected chi connectivity index (χ4v) is 4.23. The van der Waals surface area contributed by atoms with Crippen LogP contribution in [-0.2, 0) is 6.54 Å². The van der Waals surface area contributed by atoms with E-state index in [0.29, 0.717) is 16.3 Å². The van der Waals surface area contributed by atoms with Gasteiger partial charge in [-0.2, -0.15) is 0 Å². The van der Waals surface area contributed by atoms with Crippen LogP contribution in [0.25, 0.3) is 0 Å². The summed E-state index contributed by atoms with van der Waals surface area (Å²) in [6.45, 7) is 4.55. The van der Waals surface area contributed by atoms with Gasteiger partial charge in [0, 0.05) is 31.8 Å². The van der Waals surface area contributed by atoms with Gasteiger partial charge >= 0.3 is 0 Å². The SMILES string of the molecule is Cc1nc2c(s1)C(=O)C=C(NC1CCN(Cc3ccccc3)C1)C2=O. The predicted molar refractivity (Wildman–Crippen MR) is 96.9 cm³/mol. The molecule has 0 bridgehead atoms. The van der Waals surface area contributed by atoms with Gasteiger partial charge in [0.15, 0.2) is 5.78 Å². The lowest BCUT2D eigenvalue weighted by Gasteiger charge is -2.19. The minimum Gasteiger partial charge on any atom is -0.378 e. The van der Waals surface area contributed by atoms with Crippen molar-refractivity contribution in [1.82, 2.24) is 15.2 Å². The quantitative estimate of drug-likeness (QED) is 0.915. The number of aromatic nitrogens is 1. The lowest BCUT2D eigenvalue weighted by atomic mass is 10.0. The third-order valence-corrected chi connectivity index (χ3v) is 5.56. The van der Waals surface area contributed by atoms with Gasteiger partial charge in [-0.25, -0.2) is 4.98 Å². The van der Waals surface area contributed by atoms with Crippen molar-refractivity contribution in [3.8, 4) is 0 Å². The van der Waals surface area contributed by atoms with Crippen molar-refractivity contribution in [3.63, 3.8) is 0 Å². The summed E-state index contributed by atoms with van der Waals surface area (Å²) in [6.07, 6.45) is 2.39. The highest BCUT2D eigenvalue weighted by Gasteiger charge is 2.32. The molecule has 0 amide bonds. The molecule has 1 saturated heterocycles. The number of thiazole rings is 1. The van der Waals surface area contributed by atoms with Gasteiger partial charge in [0.25, 0.3) is 0 Å². The molecule has 2 aliphatic rings. The van der Waals surface area contributed by atoms with Gasteiger partial charge in [-0.05, 0) is 18.9 Å². The number of rotatable bonds is 4. The topological polar surface area (TPSA) is 62.3 Å². The lowest BCUT2D eigenvalue weighted by Crippen LogP contribution is -2.36. The first-order valence-electron chi connectivity index (χ1n) is 8.41. The summed E-state index contributed by atoms with van der Waals surface area (Å²) in [4.78, 5) is 31.9. The van der Waals surface area contributed by atoms with E-state index < -0.39 is 0 Å². The van der Waals surface area contributed by atoms with Crippen molar-refractivity contribution in [2.75, 3.05) is 13.1 Å². The Balaban J connectivity index is 1.41. The smallest absolute Gasteiger partial charge is 0.228 e. The van der Waals surface area contributed by atoms with Crippen LogP contribution < -0.4 is 5.32 Å². The number of likely N-dealkylation sites (tertiary alicyclic amines) is 1. The van der Waals surface area contributed by atoms with Crippen molar-refractivity contribution in [2.24, 2.45) is 0 Å². The molecular weight excluding hydrogens is 334 g/mol. The van der Waals surface area contributed by atoms with Gasteiger partial charge in [-0.15, -0.1) is 11.3 Å². The van der Waals surface area contributed by atoms with Crippen molar-refractivity contribution >= 4 is 22.9 Å². The first kappa shape index (κ1) is 16.2. The van der Waals surface area contributed by atoms with E-state index >= 15 is 0 Å². The Kier molecular flexibility index (Phi) is 4.23. The van der Waals surface area contributed by atoms with Crippen LogP contribution in [0, 0.1) is 6.92 Å². The third kappa shape index (κ3) is 3.27. The average Bonchev–Trinajstić information content (AvgIpc) is 3.20. The molecule has 25 heavy (non-hydrogen) atoms. The van der Waals surface area contributed by atoms with E-state index in [1.165, 1.54) is 23.0 Å². The number of Topliss-reactive ketones (excluding diaryl/α,β-unsaturated/α-hetero) is 1. The molecule has 0 spiro atoms. The first-order chi connectivity index (χ1) is 12.1. The number of hydrogen-bond acceptors (Lipinski definition) is 6. The number of carbonyl (C=O) groups excluding carboxylic acids is 2. The van der Waals surface area contributed by atoms with Crippen LogP contribution in [0.4, 0.5) is 0 Å². The first-order valence-corrected chi connectivity index (χ1v) is 9.23. The fraction of sp³-hybridized carbons (Fsp3) is 0.316. The third-order valence-electron chi connectivity index (χ3n) is 4.57. The van der Waals surface area contributed by atoms with Gasteiger partial charge in [-0.3, -0.25) is 14.5 Å². The van der Waals surface area contributed by atoms with Crippen LogP contribution in [0.1, 0.15) is 37.2 Å². The van der Waals surface area contributed by atoms with Crippen molar-refractivity contribution in [2.45, 2.75) is 25.9 Å². The van der Waals surface area contributed by atoms with E-state index in [2.05, 4.69) is 27.3 Å². The van der Waals surface area contributed by atoms with Gasteiger partial charge in [-0.1, -0.05) is 30.3 Å². The van der Waals surface area contributed by atoms with Crippen LogP contribution >= 0.6 is 11.3 Å². The largest absolute Gasteiger partial charge is 0.378 e. The molecule has 0 radical (unpaired) electrons. The van der Waals surface area contributed by atoms with Crippen molar-refractivity contribution in [1.29, 1.82) is 0 Å². The minimum absolute atomic E-state index is 0.123. The number of nitrogens with one attached hydrogen (secondary N) is 1. The van der Waals surface area contributed by atoms with Crippen LogP contribution in [0.5, 0.6) is 0 Å². The van der Waals surface area contributed by atoms with E-state index in [9.17, 15) is 9.59 Å². The maximum Gasteiger partial charge on any atom is 0.228 e. The number of benzene rings is 1. The number of ketones is 2. The molecule has 1 aliphatic heterocycles. The van der Waals surface area contributed by atoms with E-state index in [1.807, 2.05) is 25.1 Å². The molecule has 1 aliphatic carbocycles. The Morgan fingerprint density at radius 3 is 2.88 bits per heavy atom. The molecule has 4 rings (SSSR count). The molecule has 2 aromatic rings. The van der Waals surface area contributed by atoms with Crippen LogP contribution in [0.3, 0.4) is 0 Å². The standard InChI is InChI=1S/C19H19N3O2S/c1-12-20-17-18(24)15(9-16(23)19(17)25-12)21-14-7-8-22(11-14)10-13-5-3-2-4-6-13/h2-6,9,14,21H,7-8,10-11H2,1H3. The summed E-state index contributed by atoms with van der Waals surface area (Å²) in [5.41, 5.74) is 1.97. The predicted octanol–water partition coefficient (Wildman–Crippen LogP) is 2.58. The summed E-state index contributed by atoms with van der Waals surface area (Å²) in [5, 5.41) is 4.02. The highest BCUT2D eigenvalue weighted by atomic mass is 32.1. The summed E-state index contributed by atoms with van der Waals surface area (Å²) in [5.74, 6) is -0.290. The summed E-state index contributed by atoms with van der Waals surface area (Å²) in [7, 11) is 0. The number of aryl methyl sites for hydroxylation is 1. The Bertz CT molecular complexity index is 857. The van der Waals surface area contributed by atoms with Gasteiger partial charge in [0.2, 0.25) is 5.78 Å². The second kappa shape index (κ2) is 6.54. The molecule has 5 nitrogen and oxygen atoms in total. The fourth-order valence-electron chi connectivity index (χ4n) is 3.40. The number of nitrogens with zero attached hydrogens (tertiary/aromatic N) is 2. The van der Waals surface area contributed by atoms with Crippen molar-refractivity contribution < 1.29 is 9.59 Å². The maximum atomic E-state index is 12.6. The Hall–Kier alpha value is -2.31. The highest BCUT2D eigenvalue weighted by Crippen LogP contribution is 2.26. The molecular formula is C19H19N3O2S. The highest BCUT2D eigenvalue weighted by molar-refractivity contribution is 7.14. The van der Waals surface area contributed by atoms with E-state index in [4.69, 9.17) is 0 Å².